The zero-order valence-corrected chi connectivity index (χ0v) is 13.9. The van der Waals surface area contributed by atoms with Crippen LogP contribution in [-0.4, -0.2) is 44.5 Å². The molecular weight excluding hydrogens is 306 g/mol. The number of nitrogens with one attached hydrogen (secondary N) is 1. The van der Waals surface area contributed by atoms with Gasteiger partial charge in [0, 0.05) is 11.6 Å². The van der Waals surface area contributed by atoms with Crippen molar-refractivity contribution in [3.8, 4) is 0 Å². The van der Waals surface area contributed by atoms with Gasteiger partial charge in [-0.3, -0.25) is 0 Å². The van der Waals surface area contributed by atoms with Gasteiger partial charge in [-0.25, -0.2) is 13.1 Å². The molecule has 0 aliphatic carbocycles. The van der Waals surface area contributed by atoms with Crippen molar-refractivity contribution in [2.45, 2.75) is 30.7 Å². The Morgan fingerprint density at radius 3 is 2.52 bits per heavy atom. The van der Waals surface area contributed by atoms with Gasteiger partial charge in [0.25, 0.3) is 0 Å². The van der Waals surface area contributed by atoms with Crippen LogP contribution in [-0.2, 0) is 10.0 Å². The van der Waals surface area contributed by atoms with Gasteiger partial charge in [0.2, 0.25) is 10.0 Å². The first-order valence-electron chi connectivity index (χ1n) is 6.91. The van der Waals surface area contributed by atoms with E-state index in [-0.39, 0.29) is 15.9 Å². The number of nitrogens with zero attached hydrogens (tertiary/aromatic N) is 1. The topological polar surface area (TPSA) is 75.4 Å². The molecule has 1 aromatic rings. The molecular formula is C14H21N3O2S2. The number of piperidine rings is 1. The zero-order valence-electron chi connectivity index (χ0n) is 12.3. The summed E-state index contributed by atoms with van der Waals surface area (Å²) in [6.45, 7) is 3.63. The van der Waals surface area contributed by atoms with E-state index in [4.69, 9.17) is 18.0 Å². The van der Waals surface area contributed by atoms with Gasteiger partial charge in [-0.2, -0.15) is 0 Å². The Morgan fingerprint density at radius 2 is 2.00 bits per heavy atom. The van der Waals surface area contributed by atoms with Gasteiger partial charge in [0.05, 0.1) is 4.90 Å². The Bertz CT molecular complexity index is 636. The average Bonchev–Trinajstić information content (AvgIpc) is 2.40. The van der Waals surface area contributed by atoms with Crippen LogP contribution in [0.5, 0.6) is 0 Å². The highest BCUT2D eigenvalue weighted by molar-refractivity contribution is 7.89. The summed E-state index contributed by atoms with van der Waals surface area (Å²) >= 11 is 4.94. The summed E-state index contributed by atoms with van der Waals surface area (Å²) in [6.07, 6.45) is 1.67. The van der Waals surface area contributed by atoms with Crippen molar-refractivity contribution in [3.05, 3.63) is 29.3 Å². The lowest BCUT2D eigenvalue weighted by molar-refractivity contribution is 0.248. The predicted molar refractivity (Wildman–Crippen MR) is 87.9 cm³/mol. The van der Waals surface area contributed by atoms with Crippen molar-refractivity contribution in [2.24, 2.45) is 5.73 Å². The number of benzene rings is 1. The molecule has 21 heavy (non-hydrogen) atoms. The molecule has 116 valence electrons. The van der Waals surface area contributed by atoms with Crippen LogP contribution in [0.3, 0.4) is 0 Å². The van der Waals surface area contributed by atoms with Crippen molar-refractivity contribution in [1.82, 2.24) is 9.62 Å². The van der Waals surface area contributed by atoms with E-state index in [1.807, 2.05) is 14.0 Å². The SMILES string of the molecule is Cc1cc(S(=O)(=O)NC2CCN(C)CC2)ccc1C(N)=S. The van der Waals surface area contributed by atoms with E-state index in [9.17, 15) is 8.42 Å². The highest BCUT2D eigenvalue weighted by Gasteiger charge is 2.23. The highest BCUT2D eigenvalue weighted by Crippen LogP contribution is 2.18. The molecule has 1 aliphatic heterocycles. The molecule has 1 fully saturated rings. The summed E-state index contributed by atoms with van der Waals surface area (Å²) in [5, 5.41) is 0. The minimum Gasteiger partial charge on any atom is -0.389 e. The fraction of sp³-hybridized carbons (Fsp3) is 0.500. The Kier molecular flexibility index (Phi) is 4.98. The third kappa shape index (κ3) is 4.00. The summed E-state index contributed by atoms with van der Waals surface area (Å²) in [5.41, 5.74) is 7.08. The van der Waals surface area contributed by atoms with Gasteiger partial charge in [-0.15, -0.1) is 0 Å². The summed E-state index contributed by atoms with van der Waals surface area (Å²) < 4.78 is 27.6. The van der Waals surface area contributed by atoms with Crippen LogP contribution in [0.1, 0.15) is 24.0 Å². The number of thiocarbonyl (C=S) groups is 1. The van der Waals surface area contributed by atoms with E-state index in [1.165, 1.54) is 0 Å². The van der Waals surface area contributed by atoms with Gasteiger partial charge < -0.3 is 10.6 Å². The van der Waals surface area contributed by atoms with Crippen molar-refractivity contribution in [1.29, 1.82) is 0 Å². The fourth-order valence-corrected chi connectivity index (χ4v) is 4.11. The number of rotatable bonds is 4. The van der Waals surface area contributed by atoms with Crippen LogP contribution < -0.4 is 10.5 Å². The predicted octanol–water partition coefficient (Wildman–Crippen LogP) is 1.00. The van der Waals surface area contributed by atoms with Gasteiger partial charge in [-0.05, 0) is 57.6 Å². The largest absolute Gasteiger partial charge is 0.389 e. The van der Waals surface area contributed by atoms with Crippen LogP contribution in [0, 0.1) is 6.92 Å². The molecule has 3 N–H and O–H groups in total. The second-order valence-electron chi connectivity index (χ2n) is 5.54. The van der Waals surface area contributed by atoms with E-state index in [1.54, 1.807) is 18.2 Å². The molecule has 2 rings (SSSR count). The van der Waals surface area contributed by atoms with Crippen LogP contribution in [0.25, 0.3) is 0 Å². The molecule has 7 heteroatoms. The Morgan fingerprint density at radius 1 is 1.38 bits per heavy atom. The van der Waals surface area contributed by atoms with Crippen LogP contribution in [0.4, 0.5) is 0 Å². The third-order valence-electron chi connectivity index (χ3n) is 3.81. The van der Waals surface area contributed by atoms with Crippen LogP contribution >= 0.6 is 12.2 Å². The number of hydrogen-bond acceptors (Lipinski definition) is 4. The molecule has 0 atom stereocenters. The summed E-state index contributed by atoms with van der Waals surface area (Å²) in [5.74, 6) is 0. The number of nitrogens with two attached hydrogens (primary N) is 1. The van der Waals surface area contributed by atoms with Gasteiger partial charge >= 0.3 is 0 Å². The molecule has 1 aliphatic rings. The van der Waals surface area contributed by atoms with E-state index in [2.05, 4.69) is 9.62 Å². The lowest BCUT2D eigenvalue weighted by Crippen LogP contribution is -2.43. The molecule has 1 saturated heterocycles. The number of hydrogen-bond donors (Lipinski definition) is 2. The fourth-order valence-electron chi connectivity index (χ4n) is 2.49. The van der Waals surface area contributed by atoms with Gasteiger partial charge in [0.15, 0.2) is 0 Å². The molecule has 1 aromatic carbocycles. The van der Waals surface area contributed by atoms with Crippen LogP contribution in [0.2, 0.25) is 0 Å². The third-order valence-corrected chi connectivity index (χ3v) is 5.55. The number of sulfonamides is 1. The molecule has 0 radical (unpaired) electrons. The molecule has 0 unspecified atom stereocenters. The standard InChI is InChI=1S/C14H21N3O2S2/c1-10-9-12(3-4-13(10)14(15)20)21(18,19)16-11-5-7-17(2)8-6-11/h3-4,9,11,16H,5-8H2,1-2H3,(H2,15,20). The maximum atomic E-state index is 12.4. The van der Waals surface area contributed by atoms with E-state index in [0.29, 0.717) is 5.56 Å². The second-order valence-corrected chi connectivity index (χ2v) is 7.69. The molecule has 0 bridgehead atoms. The maximum Gasteiger partial charge on any atom is 0.240 e. The maximum absolute atomic E-state index is 12.4. The minimum atomic E-state index is -3.49. The van der Waals surface area contributed by atoms with Crippen LogP contribution in [0.15, 0.2) is 23.1 Å². The summed E-state index contributed by atoms with van der Waals surface area (Å²) in [7, 11) is -1.45. The lowest BCUT2D eigenvalue weighted by atomic mass is 10.1. The zero-order chi connectivity index (χ0) is 15.6. The first-order chi connectivity index (χ1) is 9.79. The van der Waals surface area contributed by atoms with Crippen molar-refractivity contribution in [2.75, 3.05) is 20.1 Å². The molecule has 0 amide bonds. The smallest absolute Gasteiger partial charge is 0.240 e. The normalized spacial score (nSPS) is 17.8. The molecule has 1 heterocycles. The molecule has 0 saturated carbocycles. The van der Waals surface area contributed by atoms with Crippen molar-refractivity contribution < 1.29 is 8.42 Å². The Labute approximate surface area is 131 Å². The molecule has 5 nitrogen and oxygen atoms in total. The second kappa shape index (κ2) is 6.39. The molecule has 0 aromatic heterocycles. The average molecular weight is 327 g/mol. The Hall–Kier alpha value is -1.02. The van der Waals surface area contributed by atoms with Gasteiger partial charge in [-0.1, -0.05) is 18.3 Å². The van der Waals surface area contributed by atoms with E-state index in [0.717, 1.165) is 31.5 Å². The summed E-state index contributed by atoms with van der Waals surface area (Å²) in [4.78, 5) is 2.74. The first kappa shape index (κ1) is 16.4. The minimum absolute atomic E-state index is 0.00164. The lowest BCUT2D eigenvalue weighted by Gasteiger charge is -2.29. The first-order valence-corrected chi connectivity index (χ1v) is 8.80. The van der Waals surface area contributed by atoms with E-state index < -0.39 is 10.0 Å². The van der Waals surface area contributed by atoms with Gasteiger partial charge in [0.1, 0.15) is 4.99 Å². The number of aryl methyl sites for hydroxylation is 1. The van der Waals surface area contributed by atoms with E-state index >= 15 is 0 Å². The Balaban J connectivity index is 2.16. The summed E-state index contributed by atoms with van der Waals surface area (Å²) in [6, 6.07) is 4.84. The number of likely N-dealkylation sites (tertiary alicyclic amines) is 1. The highest BCUT2D eigenvalue weighted by atomic mass is 32.2. The quantitative estimate of drug-likeness (QED) is 0.807. The van der Waals surface area contributed by atoms with Crippen molar-refractivity contribution in [3.63, 3.8) is 0 Å². The molecule has 0 spiro atoms. The monoisotopic (exact) mass is 327 g/mol. The van der Waals surface area contributed by atoms with Crippen molar-refractivity contribution >= 4 is 27.2 Å².